The predicted molar refractivity (Wildman–Crippen MR) is 121 cm³/mol. The normalized spacial score (nSPS) is 13.9. The van der Waals surface area contributed by atoms with Gasteiger partial charge in [-0.25, -0.2) is 4.90 Å². The first-order valence-corrected chi connectivity index (χ1v) is 10.7. The molecule has 2 amide bonds. The second-order valence-electron chi connectivity index (χ2n) is 7.01. The molecule has 30 heavy (non-hydrogen) atoms. The third kappa shape index (κ3) is 3.86. The van der Waals surface area contributed by atoms with Crippen LogP contribution in [0, 0.1) is 6.92 Å². The van der Waals surface area contributed by atoms with Crippen LogP contribution in [0.1, 0.15) is 23.8 Å². The second kappa shape index (κ2) is 8.55. The maximum absolute atomic E-state index is 13.4. The summed E-state index contributed by atoms with van der Waals surface area (Å²) >= 11 is 1.43. The van der Waals surface area contributed by atoms with Gasteiger partial charge < -0.3 is 10.1 Å². The average molecular weight is 419 g/mol. The van der Waals surface area contributed by atoms with Crippen LogP contribution < -0.4 is 15.0 Å². The lowest BCUT2D eigenvalue weighted by molar-refractivity contribution is -0.120. The molecule has 152 valence electrons. The molecular weight excluding hydrogens is 396 g/mol. The smallest absolute Gasteiger partial charge is 0.282 e. The number of hydrogen-bond acceptors (Lipinski definition) is 5. The number of carbonyl (C=O) groups is 2. The Morgan fingerprint density at radius 3 is 2.57 bits per heavy atom. The third-order valence-corrected chi connectivity index (χ3v) is 5.57. The minimum atomic E-state index is -0.377. The maximum atomic E-state index is 13.4. The number of amides is 2. The van der Waals surface area contributed by atoms with E-state index in [9.17, 15) is 9.59 Å². The van der Waals surface area contributed by atoms with E-state index in [4.69, 9.17) is 4.74 Å². The highest BCUT2D eigenvalue weighted by Gasteiger charge is 2.40. The molecule has 0 unspecified atom stereocenters. The van der Waals surface area contributed by atoms with Gasteiger partial charge in [0.1, 0.15) is 11.4 Å². The number of imide groups is 1. The first kappa shape index (κ1) is 19.9. The van der Waals surface area contributed by atoms with Gasteiger partial charge in [-0.2, -0.15) is 0 Å². The predicted octanol–water partition coefficient (Wildman–Crippen LogP) is 5.24. The number of nitrogens with zero attached hydrogens (tertiary/aromatic N) is 1. The van der Waals surface area contributed by atoms with E-state index in [1.807, 2.05) is 61.7 Å². The van der Waals surface area contributed by atoms with Gasteiger partial charge in [-0.05, 0) is 54.6 Å². The number of hydrogen-bond donors (Lipinski definition) is 1. The summed E-state index contributed by atoms with van der Waals surface area (Å²) in [6.07, 6.45) is 0.875. The summed E-state index contributed by atoms with van der Waals surface area (Å²) in [4.78, 5) is 28.7. The van der Waals surface area contributed by atoms with Crippen molar-refractivity contribution in [2.24, 2.45) is 0 Å². The fourth-order valence-corrected chi connectivity index (χ4v) is 4.10. The van der Waals surface area contributed by atoms with E-state index in [1.165, 1.54) is 16.2 Å². The topological polar surface area (TPSA) is 58.6 Å². The van der Waals surface area contributed by atoms with Crippen molar-refractivity contribution in [2.45, 2.75) is 20.3 Å². The quantitative estimate of drug-likeness (QED) is 0.533. The molecule has 3 aromatic rings. The monoisotopic (exact) mass is 418 g/mol. The van der Waals surface area contributed by atoms with Gasteiger partial charge >= 0.3 is 0 Å². The summed E-state index contributed by atoms with van der Waals surface area (Å²) in [7, 11) is 0. The van der Waals surface area contributed by atoms with Gasteiger partial charge in [0.2, 0.25) is 0 Å². The van der Waals surface area contributed by atoms with Crippen molar-refractivity contribution in [3.05, 3.63) is 82.2 Å². The molecule has 1 N–H and O–H groups in total. The molecule has 1 aliphatic heterocycles. The van der Waals surface area contributed by atoms with Crippen molar-refractivity contribution in [3.63, 3.8) is 0 Å². The van der Waals surface area contributed by atoms with E-state index < -0.39 is 0 Å². The first-order chi connectivity index (χ1) is 14.6. The van der Waals surface area contributed by atoms with Crippen LogP contribution in [-0.4, -0.2) is 18.4 Å². The fraction of sp³-hybridized carbons (Fsp3) is 0.167. The van der Waals surface area contributed by atoms with Crippen molar-refractivity contribution in [3.8, 4) is 5.75 Å². The molecule has 0 spiro atoms. The first-order valence-electron chi connectivity index (χ1n) is 9.82. The number of rotatable bonds is 7. The minimum absolute atomic E-state index is 0.285. The number of ether oxygens (including phenoxy) is 1. The lowest BCUT2D eigenvalue weighted by Gasteiger charge is -2.16. The Morgan fingerprint density at radius 2 is 1.83 bits per heavy atom. The molecule has 1 aliphatic rings. The number of thiophene rings is 1. The number of nitrogens with one attached hydrogen (secondary N) is 1. The Labute approximate surface area is 179 Å². The zero-order valence-electron chi connectivity index (χ0n) is 16.8. The van der Waals surface area contributed by atoms with Crippen molar-refractivity contribution in [1.82, 2.24) is 0 Å². The zero-order valence-corrected chi connectivity index (χ0v) is 17.7. The Kier molecular flexibility index (Phi) is 5.68. The van der Waals surface area contributed by atoms with Crippen LogP contribution in [-0.2, 0) is 9.59 Å². The Morgan fingerprint density at radius 1 is 1.00 bits per heavy atom. The van der Waals surface area contributed by atoms with Gasteiger partial charge in [0.15, 0.2) is 0 Å². The van der Waals surface area contributed by atoms with Crippen LogP contribution in [0.5, 0.6) is 5.75 Å². The molecule has 0 saturated carbocycles. The van der Waals surface area contributed by atoms with Crippen LogP contribution in [0.3, 0.4) is 0 Å². The molecule has 2 aromatic carbocycles. The number of carbonyl (C=O) groups excluding carboxylic acids is 2. The Balaban J connectivity index is 1.73. The third-order valence-electron chi connectivity index (χ3n) is 4.69. The zero-order chi connectivity index (χ0) is 21.1. The molecule has 0 bridgehead atoms. The summed E-state index contributed by atoms with van der Waals surface area (Å²) in [6, 6.07) is 18.5. The van der Waals surface area contributed by atoms with E-state index >= 15 is 0 Å². The molecule has 0 fully saturated rings. The van der Waals surface area contributed by atoms with Crippen molar-refractivity contribution in [1.29, 1.82) is 0 Å². The molecule has 0 aliphatic carbocycles. The molecule has 4 rings (SSSR count). The maximum Gasteiger partial charge on any atom is 0.282 e. The van der Waals surface area contributed by atoms with E-state index in [-0.39, 0.29) is 17.5 Å². The molecule has 2 heterocycles. The van der Waals surface area contributed by atoms with E-state index in [1.54, 1.807) is 18.2 Å². The lowest BCUT2D eigenvalue weighted by Crippen LogP contribution is -2.32. The lowest BCUT2D eigenvalue weighted by atomic mass is 10.1. The highest BCUT2D eigenvalue weighted by molar-refractivity contribution is 7.11. The SMILES string of the molecule is CCCOc1cccc(N2C(=O)C(Nc3cccc(C)c3)=C(c3cccs3)C2=O)c1. The molecule has 0 atom stereocenters. The summed E-state index contributed by atoms with van der Waals surface area (Å²) in [5, 5.41) is 5.09. The number of aryl methyl sites for hydroxylation is 1. The Hall–Kier alpha value is -3.38. The molecule has 6 heteroatoms. The van der Waals surface area contributed by atoms with Gasteiger partial charge in [-0.3, -0.25) is 9.59 Å². The molecule has 1 aromatic heterocycles. The van der Waals surface area contributed by atoms with Gasteiger partial charge in [0.25, 0.3) is 11.8 Å². The standard InChI is InChI=1S/C24H22N2O3S/c1-3-12-29-19-10-5-9-18(15-19)26-23(27)21(20-11-6-13-30-20)22(24(26)28)25-17-8-4-7-16(2)14-17/h4-11,13-15,25H,3,12H2,1-2H3. The summed E-state index contributed by atoms with van der Waals surface area (Å²) < 4.78 is 5.68. The van der Waals surface area contributed by atoms with Crippen molar-refractivity contribution < 1.29 is 14.3 Å². The van der Waals surface area contributed by atoms with Crippen molar-refractivity contribution >= 4 is 40.1 Å². The average Bonchev–Trinajstić information content (AvgIpc) is 3.34. The largest absolute Gasteiger partial charge is 0.494 e. The van der Waals surface area contributed by atoms with E-state index in [0.29, 0.717) is 23.6 Å². The minimum Gasteiger partial charge on any atom is -0.494 e. The van der Waals surface area contributed by atoms with E-state index in [0.717, 1.165) is 22.5 Å². The number of anilines is 2. The summed E-state index contributed by atoms with van der Waals surface area (Å²) in [6.45, 7) is 4.58. The van der Waals surface area contributed by atoms with Crippen LogP contribution in [0.15, 0.2) is 71.7 Å². The van der Waals surface area contributed by atoms with Gasteiger partial charge in [0.05, 0.1) is 17.9 Å². The second-order valence-corrected chi connectivity index (χ2v) is 7.96. The van der Waals surface area contributed by atoms with Gasteiger partial charge in [0, 0.05) is 16.6 Å². The summed E-state index contributed by atoms with van der Waals surface area (Å²) in [5.74, 6) is -0.0875. The van der Waals surface area contributed by atoms with Crippen LogP contribution in [0.4, 0.5) is 11.4 Å². The summed E-state index contributed by atoms with van der Waals surface area (Å²) in [5.41, 5.74) is 2.99. The van der Waals surface area contributed by atoms with Crippen LogP contribution in [0.2, 0.25) is 0 Å². The van der Waals surface area contributed by atoms with Gasteiger partial charge in [-0.1, -0.05) is 31.2 Å². The van der Waals surface area contributed by atoms with Crippen LogP contribution in [0.25, 0.3) is 5.57 Å². The fourth-order valence-electron chi connectivity index (χ4n) is 3.33. The van der Waals surface area contributed by atoms with Gasteiger partial charge in [-0.15, -0.1) is 11.3 Å². The Bertz CT molecular complexity index is 1120. The van der Waals surface area contributed by atoms with Crippen LogP contribution >= 0.6 is 11.3 Å². The van der Waals surface area contributed by atoms with Crippen molar-refractivity contribution in [2.75, 3.05) is 16.8 Å². The molecular formula is C24H22N2O3S. The van der Waals surface area contributed by atoms with E-state index in [2.05, 4.69) is 5.32 Å². The highest BCUT2D eigenvalue weighted by atomic mass is 32.1. The molecule has 5 nitrogen and oxygen atoms in total. The molecule has 0 radical (unpaired) electrons. The molecule has 0 saturated heterocycles. The highest BCUT2D eigenvalue weighted by Crippen LogP contribution is 2.36. The number of benzene rings is 2.